The number of benzene rings is 1. The van der Waals surface area contributed by atoms with E-state index in [0.29, 0.717) is 5.56 Å². The van der Waals surface area contributed by atoms with E-state index in [1.54, 1.807) is 0 Å². The summed E-state index contributed by atoms with van der Waals surface area (Å²) in [6.45, 7) is -0.403. The monoisotopic (exact) mass is 315 g/mol. The van der Waals surface area contributed by atoms with Crippen molar-refractivity contribution in [1.29, 1.82) is 5.26 Å². The zero-order valence-corrected chi connectivity index (χ0v) is 11.8. The predicted octanol–water partition coefficient (Wildman–Crippen LogP) is 0.763. The lowest BCUT2D eigenvalue weighted by Gasteiger charge is -2.22. The maximum atomic E-state index is 10.6. The topological polar surface area (TPSA) is 145 Å². The van der Waals surface area contributed by atoms with E-state index in [0.717, 1.165) is 0 Å². The molecule has 23 heavy (non-hydrogen) atoms. The number of nitro benzene ring substituents is 1. The number of nitro groups is 1. The van der Waals surface area contributed by atoms with Crippen LogP contribution in [0.4, 0.5) is 11.5 Å². The van der Waals surface area contributed by atoms with Gasteiger partial charge in [-0.2, -0.15) is 5.26 Å². The molecule has 0 aliphatic carbocycles. The van der Waals surface area contributed by atoms with Crippen LogP contribution in [-0.4, -0.2) is 37.8 Å². The summed E-state index contributed by atoms with van der Waals surface area (Å²) in [4.78, 5) is 17.8. The van der Waals surface area contributed by atoms with E-state index in [1.807, 2.05) is 6.07 Å². The molecule has 0 radical (unpaired) electrons. The summed E-state index contributed by atoms with van der Waals surface area (Å²) < 4.78 is 0. The standard InChI is InChI=1S/C14H13N5O4/c15-5-10-6-17-13(7-16-10)18-12(8-20)14(21)9-1-3-11(4-2-9)19(22)23/h1-4,6-7,12,14,20-21H,8H2,(H,17,18). The number of aliphatic hydroxyl groups is 2. The Morgan fingerprint density at radius 3 is 2.48 bits per heavy atom. The number of aliphatic hydroxyl groups excluding tert-OH is 2. The smallest absolute Gasteiger partial charge is 0.269 e. The number of rotatable bonds is 6. The highest BCUT2D eigenvalue weighted by Gasteiger charge is 2.21. The van der Waals surface area contributed by atoms with E-state index in [-0.39, 0.29) is 17.2 Å². The van der Waals surface area contributed by atoms with Crippen molar-refractivity contribution in [2.24, 2.45) is 0 Å². The molecule has 3 N–H and O–H groups in total. The van der Waals surface area contributed by atoms with Crippen LogP contribution in [0, 0.1) is 21.4 Å². The first-order valence-electron chi connectivity index (χ1n) is 6.57. The van der Waals surface area contributed by atoms with Gasteiger partial charge in [0.15, 0.2) is 5.69 Å². The molecule has 1 aromatic carbocycles. The van der Waals surface area contributed by atoms with E-state index in [9.17, 15) is 20.3 Å². The molecule has 9 heteroatoms. The minimum Gasteiger partial charge on any atom is -0.394 e. The Morgan fingerprint density at radius 2 is 2.00 bits per heavy atom. The molecule has 2 atom stereocenters. The van der Waals surface area contributed by atoms with Gasteiger partial charge in [0.2, 0.25) is 0 Å². The predicted molar refractivity (Wildman–Crippen MR) is 79.3 cm³/mol. The fraction of sp³-hybridized carbons (Fsp3) is 0.214. The minimum absolute atomic E-state index is 0.0904. The molecule has 9 nitrogen and oxygen atoms in total. The van der Waals surface area contributed by atoms with Gasteiger partial charge in [0.25, 0.3) is 5.69 Å². The number of hydrogen-bond acceptors (Lipinski definition) is 8. The molecule has 0 amide bonds. The van der Waals surface area contributed by atoms with Crippen LogP contribution < -0.4 is 5.32 Å². The van der Waals surface area contributed by atoms with E-state index in [2.05, 4.69) is 15.3 Å². The second kappa shape index (κ2) is 7.26. The molecule has 0 saturated heterocycles. The van der Waals surface area contributed by atoms with Gasteiger partial charge < -0.3 is 15.5 Å². The van der Waals surface area contributed by atoms with Gasteiger partial charge in [0.1, 0.15) is 18.0 Å². The summed E-state index contributed by atoms with van der Waals surface area (Å²) in [5, 5.41) is 41.8. The van der Waals surface area contributed by atoms with Crippen molar-refractivity contribution in [3.05, 3.63) is 58.0 Å². The van der Waals surface area contributed by atoms with Crippen LogP contribution in [0.3, 0.4) is 0 Å². The highest BCUT2D eigenvalue weighted by atomic mass is 16.6. The van der Waals surface area contributed by atoms with Crippen molar-refractivity contribution in [2.75, 3.05) is 11.9 Å². The SMILES string of the molecule is N#Cc1cnc(NC(CO)C(O)c2ccc([N+](=O)[O-])cc2)cn1. The van der Waals surface area contributed by atoms with Crippen molar-refractivity contribution < 1.29 is 15.1 Å². The lowest BCUT2D eigenvalue weighted by molar-refractivity contribution is -0.384. The van der Waals surface area contributed by atoms with Crippen LogP contribution in [0.25, 0.3) is 0 Å². The average Bonchev–Trinajstić information content (AvgIpc) is 2.59. The zero-order chi connectivity index (χ0) is 16.8. The van der Waals surface area contributed by atoms with Crippen LogP contribution in [0.5, 0.6) is 0 Å². The largest absolute Gasteiger partial charge is 0.394 e. The third-order valence-electron chi connectivity index (χ3n) is 3.12. The number of aromatic nitrogens is 2. The molecule has 0 aliphatic heterocycles. The Morgan fingerprint density at radius 1 is 1.30 bits per heavy atom. The number of nitrogens with zero attached hydrogens (tertiary/aromatic N) is 4. The highest BCUT2D eigenvalue weighted by Crippen LogP contribution is 2.22. The molecule has 0 saturated carbocycles. The molecule has 2 unspecified atom stereocenters. The van der Waals surface area contributed by atoms with E-state index >= 15 is 0 Å². The van der Waals surface area contributed by atoms with Gasteiger partial charge >= 0.3 is 0 Å². The van der Waals surface area contributed by atoms with E-state index < -0.39 is 23.7 Å². The molecule has 2 aromatic rings. The van der Waals surface area contributed by atoms with Crippen molar-refractivity contribution >= 4 is 11.5 Å². The Bertz CT molecular complexity index is 711. The molecule has 2 rings (SSSR count). The third kappa shape index (κ3) is 3.97. The summed E-state index contributed by atoms with van der Waals surface area (Å²) in [6.07, 6.45) is 1.46. The summed E-state index contributed by atoms with van der Waals surface area (Å²) in [7, 11) is 0. The van der Waals surface area contributed by atoms with Gasteiger partial charge in [-0.3, -0.25) is 10.1 Å². The lowest BCUT2D eigenvalue weighted by Crippen LogP contribution is -2.31. The van der Waals surface area contributed by atoms with Gasteiger partial charge in [-0.1, -0.05) is 0 Å². The number of hydrogen-bond donors (Lipinski definition) is 3. The summed E-state index contributed by atoms with van der Waals surface area (Å²) in [5.41, 5.74) is 0.461. The number of non-ortho nitro benzene ring substituents is 1. The van der Waals surface area contributed by atoms with Crippen LogP contribution in [0.2, 0.25) is 0 Å². The molecule has 0 fully saturated rings. The van der Waals surface area contributed by atoms with Crippen LogP contribution in [-0.2, 0) is 0 Å². The maximum Gasteiger partial charge on any atom is 0.269 e. The normalized spacial score (nSPS) is 12.9. The van der Waals surface area contributed by atoms with Crippen molar-refractivity contribution in [3.63, 3.8) is 0 Å². The highest BCUT2D eigenvalue weighted by molar-refractivity contribution is 5.38. The van der Waals surface area contributed by atoms with Crippen molar-refractivity contribution in [1.82, 2.24) is 9.97 Å². The molecular formula is C14H13N5O4. The Kier molecular flexibility index (Phi) is 5.14. The summed E-state index contributed by atoms with van der Waals surface area (Å²) in [6, 6.07) is 6.41. The maximum absolute atomic E-state index is 10.6. The molecule has 118 valence electrons. The van der Waals surface area contributed by atoms with Gasteiger partial charge in [-0.05, 0) is 17.7 Å². The molecule has 1 aromatic heterocycles. The van der Waals surface area contributed by atoms with Gasteiger partial charge in [-0.15, -0.1) is 0 Å². The van der Waals surface area contributed by atoms with E-state index in [4.69, 9.17) is 5.26 Å². The first-order chi connectivity index (χ1) is 11.0. The van der Waals surface area contributed by atoms with Gasteiger partial charge in [0.05, 0.1) is 30.0 Å². The number of anilines is 1. The van der Waals surface area contributed by atoms with Crippen LogP contribution in [0.15, 0.2) is 36.7 Å². The van der Waals surface area contributed by atoms with Crippen molar-refractivity contribution in [2.45, 2.75) is 12.1 Å². The summed E-state index contributed by atoms with van der Waals surface area (Å²) >= 11 is 0. The molecule has 1 heterocycles. The third-order valence-corrected chi connectivity index (χ3v) is 3.12. The number of nitrogens with one attached hydrogen (secondary N) is 1. The van der Waals surface area contributed by atoms with Crippen molar-refractivity contribution in [3.8, 4) is 6.07 Å². The minimum atomic E-state index is -1.11. The first-order valence-corrected chi connectivity index (χ1v) is 6.57. The Hall–Kier alpha value is -3.09. The van der Waals surface area contributed by atoms with Gasteiger partial charge in [-0.25, -0.2) is 9.97 Å². The average molecular weight is 315 g/mol. The van der Waals surface area contributed by atoms with E-state index in [1.165, 1.54) is 36.7 Å². The second-order valence-electron chi connectivity index (χ2n) is 4.63. The summed E-state index contributed by atoms with van der Waals surface area (Å²) in [5.74, 6) is 0.281. The molecule has 0 spiro atoms. The quantitative estimate of drug-likeness (QED) is 0.523. The zero-order valence-electron chi connectivity index (χ0n) is 11.8. The van der Waals surface area contributed by atoms with Crippen LogP contribution >= 0.6 is 0 Å². The fourth-order valence-electron chi connectivity index (χ4n) is 1.90. The Balaban J connectivity index is 2.12. The van der Waals surface area contributed by atoms with Crippen LogP contribution in [0.1, 0.15) is 17.4 Å². The molecule has 0 aliphatic rings. The molecular weight excluding hydrogens is 302 g/mol. The number of nitriles is 1. The first kappa shape index (κ1) is 16.3. The Labute approximate surface area is 131 Å². The second-order valence-corrected chi connectivity index (χ2v) is 4.63. The van der Waals surface area contributed by atoms with Gasteiger partial charge in [0, 0.05) is 12.1 Å². The lowest BCUT2D eigenvalue weighted by atomic mass is 10.0. The molecule has 0 bridgehead atoms. The fourth-order valence-corrected chi connectivity index (χ4v) is 1.90.